The lowest BCUT2D eigenvalue weighted by atomic mass is 10.1. The minimum absolute atomic E-state index is 0.250. The van der Waals surface area contributed by atoms with Gasteiger partial charge in [-0.2, -0.15) is 0 Å². The zero-order valence-electron chi connectivity index (χ0n) is 12.4. The van der Waals surface area contributed by atoms with E-state index in [2.05, 4.69) is 41.9 Å². The molecule has 2 N–H and O–H groups in total. The zero-order valence-corrected chi connectivity index (χ0v) is 13.2. The molecule has 1 aromatic heterocycles. The van der Waals surface area contributed by atoms with Crippen molar-refractivity contribution < 1.29 is 9.84 Å². The molecule has 0 aliphatic heterocycles. The van der Waals surface area contributed by atoms with Gasteiger partial charge in [0.25, 0.3) is 0 Å². The first-order valence-corrected chi connectivity index (χ1v) is 8.05. The van der Waals surface area contributed by atoms with E-state index in [1.54, 1.807) is 18.3 Å². The maximum atomic E-state index is 7.57. The van der Waals surface area contributed by atoms with Crippen molar-refractivity contribution in [3.8, 4) is 0 Å². The molecule has 0 aliphatic rings. The number of benzene rings is 1. The fraction of sp³-hybridized carbons (Fsp3) is 0.500. The van der Waals surface area contributed by atoms with Crippen LogP contribution in [0.15, 0.2) is 29.6 Å². The van der Waals surface area contributed by atoms with Crippen LogP contribution in [0.25, 0.3) is 10.1 Å². The maximum Gasteiger partial charge on any atom is 0.0591 e. The molecule has 0 unspecified atom stereocenters. The van der Waals surface area contributed by atoms with E-state index in [-0.39, 0.29) is 6.61 Å². The van der Waals surface area contributed by atoms with E-state index >= 15 is 0 Å². The van der Waals surface area contributed by atoms with Crippen LogP contribution in [0, 0.1) is 0 Å². The Bertz CT molecular complexity index is 470. The van der Waals surface area contributed by atoms with E-state index in [9.17, 15) is 0 Å². The zero-order chi connectivity index (χ0) is 14.6. The summed E-state index contributed by atoms with van der Waals surface area (Å²) in [7, 11) is 0. The standard InChI is InChI=1S/C14H19NOS.C2H6O/c1-2-15-7-9-16-8-5-12-3-4-14-13(11-12)6-10-17-14;1-2-3/h3-4,6,10-11,15H,2,5,7-9H2,1H3;3H,2H2,1H3. The summed E-state index contributed by atoms with van der Waals surface area (Å²) in [6.07, 6.45) is 0.998. The van der Waals surface area contributed by atoms with Gasteiger partial charge in [0.1, 0.15) is 0 Å². The SMILES string of the molecule is CCNCCOCCc1ccc2sccc2c1.CCO. The Balaban J connectivity index is 0.000000612. The highest BCUT2D eigenvalue weighted by Gasteiger charge is 1.98. The Labute approximate surface area is 125 Å². The van der Waals surface area contributed by atoms with E-state index in [4.69, 9.17) is 9.84 Å². The highest BCUT2D eigenvalue weighted by Crippen LogP contribution is 2.21. The van der Waals surface area contributed by atoms with E-state index in [1.165, 1.54) is 15.6 Å². The molecule has 0 spiro atoms. The fourth-order valence-corrected chi connectivity index (χ4v) is 2.56. The summed E-state index contributed by atoms with van der Waals surface area (Å²) in [5, 5.41) is 14.3. The van der Waals surface area contributed by atoms with E-state index in [0.29, 0.717) is 0 Å². The minimum atomic E-state index is 0.250. The highest BCUT2D eigenvalue weighted by atomic mass is 32.1. The summed E-state index contributed by atoms with van der Waals surface area (Å²) in [6, 6.07) is 8.84. The van der Waals surface area contributed by atoms with Gasteiger partial charge in [-0.05, 0) is 48.4 Å². The van der Waals surface area contributed by atoms with Crippen molar-refractivity contribution in [2.24, 2.45) is 0 Å². The predicted octanol–water partition coefficient (Wildman–Crippen LogP) is 3.07. The van der Waals surface area contributed by atoms with Crippen LogP contribution in [-0.2, 0) is 11.2 Å². The third-order valence-corrected chi connectivity index (χ3v) is 3.62. The van der Waals surface area contributed by atoms with E-state index in [0.717, 1.165) is 32.7 Å². The molecule has 0 saturated heterocycles. The molecule has 0 aliphatic carbocycles. The first-order valence-electron chi connectivity index (χ1n) is 7.17. The average molecular weight is 295 g/mol. The number of thiophene rings is 1. The highest BCUT2D eigenvalue weighted by molar-refractivity contribution is 7.17. The lowest BCUT2D eigenvalue weighted by Gasteiger charge is -2.05. The Hall–Kier alpha value is -0.940. The number of aliphatic hydroxyl groups is 1. The number of fused-ring (bicyclic) bond motifs is 1. The summed E-state index contributed by atoms with van der Waals surface area (Å²) in [4.78, 5) is 0. The number of hydrogen-bond donors (Lipinski definition) is 2. The van der Waals surface area contributed by atoms with Crippen LogP contribution in [0.1, 0.15) is 19.4 Å². The molecular formula is C16H25NO2S. The largest absolute Gasteiger partial charge is 0.397 e. The van der Waals surface area contributed by atoms with E-state index in [1.807, 2.05) is 0 Å². The predicted molar refractivity (Wildman–Crippen MR) is 87.7 cm³/mol. The number of likely N-dealkylation sites (N-methyl/N-ethyl adjacent to an activating group) is 1. The number of aliphatic hydroxyl groups excluding tert-OH is 1. The van der Waals surface area contributed by atoms with Gasteiger partial charge >= 0.3 is 0 Å². The molecule has 4 heteroatoms. The smallest absolute Gasteiger partial charge is 0.0591 e. The van der Waals surface area contributed by atoms with Crippen molar-refractivity contribution in [3.05, 3.63) is 35.2 Å². The second-order valence-electron chi connectivity index (χ2n) is 4.32. The molecule has 20 heavy (non-hydrogen) atoms. The molecule has 0 amide bonds. The lowest BCUT2D eigenvalue weighted by Crippen LogP contribution is -2.19. The minimum Gasteiger partial charge on any atom is -0.397 e. The van der Waals surface area contributed by atoms with Crippen LogP contribution in [0.4, 0.5) is 0 Å². The molecule has 0 radical (unpaired) electrons. The van der Waals surface area contributed by atoms with Gasteiger partial charge in [-0.3, -0.25) is 0 Å². The normalized spacial score (nSPS) is 10.3. The van der Waals surface area contributed by atoms with Crippen LogP contribution < -0.4 is 5.32 Å². The summed E-state index contributed by atoms with van der Waals surface area (Å²) in [5.74, 6) is 0. The second kappa shape index (κ2) is 10.8. The Kier molecular flexibility index (Phi) is 9.24. The lowest BCUT2D eigenvalue weighted by molar-refractivity contribution is 0.139. The Morgan fingerprint density at radius 3 is 2.75 bits per heavy atom. The quantitative estimate of drug-likeness (QED) is 0.771. The van der Waals surface area contributed by atoms with Gasteiger partial charge in [-0.25, -0.2) is 0 Å². The molecule has 0 bridgehead atoms. The molecule has 0 atom stereocenters. The van der Waals surface area contributed by atoms with Gasteiger partial charge in [0, 0.05) is 17.9 Å². The molecule has 0 fully saturated rings. The van der Waals surface area contributed by atoms with Crippen molar-refractivity contribution in [2.45, 2.75) is 20.3 Å². The number of hydrogen-bond acceptors (Lipinski definition) is 4. The van der Waals surface area contributed by atoms with Crippen LogP contribution in [0.5, 0.6) is 0 Å². The molecule has 1 aromatic carbocycles. The second-order valence-corrected chi connectivity index (χ2v) is 5.27. The first-order chi connectivity index (χ1) is 9.81. The van der Waals surface area contributed by atoms with Crippen molar-refractivity contribution >= 4 is 21.4 Å². The topological polar surface area (TPSA) is 41.5 Å². The molecule has 2 aromatic rings. The first kappa shape index (κ1) is 17.1. The van der Waals surface area contributed by atoms with E-state index < -0.39 is 0 Å². The molecule has 1 heterocycles. The molecule has 112 valence electrons. The van der Waals surface area contributed by atoms with Crippen LogP contribution in [-0.4, -0.2) is 38.0 Å². The van der Waals surface area contributed by atoms with Crippen molar-refractivity contribution in [1.29, 1.82) is 0 Å². The summed E-state index contributed by atoms with van der Waals surface area (Å²) < 4.78 is 6.94. The fourth-order valence-electron chi connectivity index (χ4n) is 1.78. The van der Waals surface area contributed by atoms with Gasteiger partial charge in [0.05, 0.1) is 13.2 Å². The van der Waals surface area contributed by atoms with Crippen LogP contribution >= 0.6 is 11.3 Å². The maximum absolute atomic E-state index is 7.57. The van der Waals surface area contributed by atoms with Crippen LogP contribution in [0.3, 0.4) is 0 Å². The third-order valence-electron chi connectivity index (χ3n) is 2.73. The van der Waals surface area contributed by atoms with Crippen LogP contribution in [0.2, 0.25) is 0 Å². The number of ether oxygens (including phenoxy) is 1. The number of nitrogens with one attached hydrogen (secondary N) is 1. The van der Waals surface area contributed by atoms with Gasteiger partial charge in [-0.15, -0.1) is 11.3 Å². The third kappa shape index (κ3) is 6.48. The van der Waals surface area contributed by atoms with Gasteiger partial charge in [0.2, 0.25) is 0 Å². The van der Waals surface area contributed by atoms with Gasteiger partial charge in [0.15, 0.2) is 0 Å². The van der Waals surface area contributed by atoms with Crippen molar-refractivity contribution in [3.63, 3.8) is 0 Å². The summed E-state index contributed by atoms with van der Waals surface area (Å²) >= 11 is 1.79. The Morgan fingerprint density at radius 1 is 1.20 bits per heavy atom. The van der Waals surface area contributed by atoms with Gasteiger partial charge < -0.3 is 15.2 Å². The molecule has 2 rings (SSSR count). The Morgan fingerprint density at radius 2 is 2.00 bits per heavy atom. The summed E-state index contributed by atoms with van der Waals surface area (Å²) in [6.45, 7) is 7.60. The monoisotopic (exact) mass is 295 g/mol. The molecular weight excluding hydrogens is 270 g/mol. The number of rotatable bonds is 7. The summed E-state index contributed by atoms with van der Waals surface area (Å²) in [5.41, 5.74) is 1.36. The van der Waals surface area contributed by atoms with Gasteiger partial charge in [-0.1, -0.05) is 19.1 Å². The average Bonchev–Trinajstić information content (AvgIpc) is 2.91. The molecule has 0 saturated carbocycles. The van der Waals surface area contributed by atoms with Crippen molar-refractivity contribution in [2.75, 3.05) is 32.9 Å². The molecule has 3 nitrogen and oxygen atoms in total. The van der Waals surface area contributed by atoms with Crippen molar-refractivity contribution in [1.82, 2.24) is 5.32 Å².